The number of Topliss-reactive ketones (excluding diaryl/α,β-unsaturated/α-hetero) is 1. The lowest BCUT2D eigenvalue weighted by atomic mass is 9.78. The van der Waals surface area contributed by atoms with Crippen LogP contribution in [-0.2, 0) is 9.53 Å². The van der Waals surface area contributed by atoms with E-state index < -0.39 is 17.6 Å². The van der Waals surface area contributed by atoms with Gasteiger partial charge in [-0.1, -0.05) is 12.1 Å². The van der Waals surface area contributed by atoms with Crippen LogP contribution in [0.2, 0.25) is 0 Å². The maximum Gasteiger partial charge on any atom is 0.339 e. The molecule has 1 heterocycles. The number of carbonyl (C=O) groups excluding carboxylic acids is 1. The number of ether oxygens (including phenoxy) is 1. The second-order valence-electron chi connectivity index (χ2n) is 8.18. The van der Waals surface area contributed by atoms with Gasteiger partial charge in [-0.3, -0.25) is 4.79 Å². The second-order valence-corrected chi connectivity index (χ2v) is 8.18. The van der Waals surface area contributed by atoms with E-state index in [-0.39, 0.29) is 35.1 Å². The Labute approximate surface area is 156 Å². The summed E-state index contributed by atoms with van der Waals surface area (Å²) in [6, 6.07) is 3.36. The number of halogens is 1. The number of nitrogens with one attached hydrogen (secondary N) is 1. The van der Waals surface area contributed by atoms with Crippen LogP contribution in [0.4, 0.5) is 4.39 Å². The van der Waals surface area contributed by atoms with Crippen molar-refractivity contribution in [1.82, 2.24) is 5.32 Å². The van der Waals surface area contributed by atoms with Gasteiger partial charge in [-0.15, -0.1) is 0 Å². The summed E-state index contributed by atoms with van der Waals surface area (Å²) in [6.07, 6.45) is 5.31. The zero-order chi connectivity index (χ0) is 18.7. The zero-order valence-corrected chi connectivity index (χ0v) is 14.9. The van der Waals surface area contributed by atoms with Crippen LogP contribution < -0.4 is 5.32 Å². The van der Waals surface area contributed by atoms with Crippen LogP contribution in [0, 0.1) is 11.7 Å². The summed E-state index contributed by atoms with van der Waals surface area (Å²) in [5.74, 6) is -1.93. The molecule has 3 fully saturated rings. The summed E-state index contributed by atoms with van der Waals surface area (Å²) in [6.45, 7) is 1.50. The van der Waals surface area contributed by atoms with Gasteiger partial charge >= 0.3 is 5.97 Å². The fourth-order valence-corrected chi connectivity index (χ4v) is 5.00. The predicted octanol–water partition coefficient (Wildman–Crippen LogP) is 2.76. The molecule has 5 rings (SSSR count). The SMILES string of the molecule is O=C(O)C1=CC(C2CC2)c2cc(C3CC4NCCOC4C3)c(F)cc2C1=O. The fraction of sp³-hybridized carbons (Fsp3) is 0.524. The van der Waals surface area contributed by atoms with Gasteiger partial charge in [-0.05, 0) is 54.7 Å². The Morgan fingerprint density at radius 2 is 2.04 bits per heavy atom. The van der Waals surface area contributed by atoms with E-state index in [0.29, 0.717) is 18.1 Å². The fourth-order valence-electron chi connectivity index (χ4n) is 5.00. The number of aliphatic carboxylic acids is 1. The minimum atomic E-state index is -1.23. The van der Waals surface area contributed by atoms with Crippen LogP contribution in [0.5, 0.6) is 0 Å². The minimum absolute atomic E-state index is 0.0516. The first-order valence-corrected chi connectivity index (χ1v) is 9.71. The van der Waals surface area contributed by atoms with Crippen LogP contribution in [-0.4, -0.2) is 42.2 Å². The molecule has 4 atom stereocenters. The molecule has 1 aromatic rings. The number of benzene rings is 1. The normalized spacial score (nSPS) is 32.6. The highest BCUT2D eigenvalue weighted by atomic mass is 19.1. The summed E-state index contributed by atoms with van der Waals surface area (Å²) < 4.78 is 20.8. The van der Waals surface area contributed by atoms with Gasteiger partial charge in [0.2, 0.25) is 0 Å². The van der Waals surface area contributed by atoms with Crippen molar-refractivity contribution in [3.8, 4) is 0 Å². The summed E-state index contributed by atoms with van der Waals surface area (Å²) in [7, 11) is 0. The number of rotatable bonds is 3. The number of fused-ring (bicyclic) bond motifs is 2. The monoisotopic (exact) mass is 371 g/mol. The Hall–Kier alpha value is -2.05. The van der Waals surface area contributed by atoms with E-state index >= 15 is 0 Å². The van der Waals surface area contributed by atoms with E-state index in [2.05, 4.69) is 5.32 Å². The predicted molar refractivity (Wildman–Crippen MR) is 95.4 cm³/mol. The molecule has 3 aliphatic carbocycles. The zero-order valence-electron chi connectivity index (χ0n) is 14.9. The average Bonchev–Trinajstić information content (AvgIpc) is 3.39. The largest absolute Gasteiger partial charge is 0.478 e. The van der Waals surface area contributed by atoms with Crippen LogP contribution in [0.25, 0.3) is 0 Å². The number of carboxylic acids is 1. The Bertz CT molecular complexity index is 846. The first-order chi connectivity index (χ1) is 13.0. The lowest BCUT2D eigenvalue weighted by Gasteiger charge is -2.26. The number of carbonyl (C=O) groups is 2. The van der Waals surface area contributed by atoms with Crippen LogP contribution in [0.15, 0.2) is 23.8 Å². The van der Waals surface area contributed by atoms with Crippen molar-refractivity contribution in [3.05, 3.63) is 46.3 Å². The molecule has 0 radical (unpaired) electrons. The summed E-state index contributed by atoms with van der Waals surface area (Å²) in [4.78, 5) is 24.1. The second kappa shape index (κ2) is 6.24. The lowest BCUT2D eigenvalue weighted by Crippen LogP contribution is -2.44. The summed E-state index contributed by atoms with van der Waals surface area (Å²) >= 11 is 0. The van der Waals surface area contributed by atoms with E-state index in [9.17, 15) is 19.1 Å². The number of carboxylic acid groups (broad SMARTS) is 1. The third-order valence-corrected chi connectivity index (χ3v) is 6.51. The topological polar surface area (TPSA) is 75.6 Å². The highest BCUT2D eigenvalue weighted by molar-refractivity contribution is 6.25. The Morgan fingerprint density at radius 3 is 2.74 bits per heavy atom. The van der Waals surface area contributed by atoms with Gasteiger partial charge < -0.3 is 15.2 Å². The van der Waals surface area contributed by atoms with E-state index in [4.69, 9.17) is 4.74 Å². The standard InChI is InChI=1S/C21H22FNO4/c22-17-9-15-14(12(10-1-2-10)7-16(20(15)24)21(25)26)8-13(17)11-5-18-19(6-11)27-4-3-23-18/h7-12,18-19,23H,1-6H2,(H,25,26). The van der Waals surface area contributed by atoms with E-state index in [1.54, 1.807) is 6.08 Å². The molecule has 142 valence electrons. The molecule has 2 saturated carbocycles. The Kier molecular flexibility index (Phi) is 3.95. The third-order valence-electron chi connectivity index (χ3n) is 6.51. The van der Waals surface area contributed by atoms with Crippen molar-refractivity contribution in [1.29, 1.82) is 0 Å². The smallest absolute Gasteiger partial charge is 0.339 e. The summed E-state index contributed by atoms with van der Waals surface area (Å²) in [5, 5.41) is 12.8. The maximum absolute atomic E-state index is 15.0. The minimum Gasteiger partial charge on any atom is -0.478 e. The average molecular weight is 371 g/mol. The van der Waals surface area contributed by atoms with E-state index in [0.717, 1.165) is 37.8 Å². The maximum atomic E-state index is 15.0. The van der Waals surface area contributed by atoms with Gasteiger partial charge in [0.05, 0.1) is 12.7 Å². The molecule has 2 N–H and O–H groups in total. The van der Waals surface area contributed by atoms with E-state index in [1.807, 2.05) is 6.07 Å². The van der Waals surface area contributed by atoms with Gasteiger partial charge in [0.25, 0.3) is 0 Å². The van der Waals surface area contributed by atoms with Crippen molar-refractivity contribution in [2.45, 2.75) is 49.7 Å². The molecule has 4 aliphatic rings. The molecular formula is C21H22FNO4. The third kappa shape index (κ3) is 2.82. The highest BCUT2D eigenvalue weighted by Gasteiger charge is 2.42. The molecule has 1 aromatic carbocycles. The van der Waals surface area contributed by atoms with Crippen LogP contribution >= 0.6 is 0 Å². The van der Waals surface area contributed by atoms with Crippen molar-refractivity contribution in [3.63, 3.8) is 0 Å². The first-order valence-electron chi connectivity index (χ1n) is 9.71. The molecule has 1 saturated heterocycles. The van der Waals surface area contributed by atoms with Crippen LogP contribution in [0.1, 0.15) is 59.0 Å². The molecule has 4 unspecified atom stereocenters. The van der Waals surface area contributed by atoms with Gasteiger partial charge in [0, 0.05) is 24.1 Å². The number of hydrogen-bond donors (Lipinski definition) is 2. The number of hydrogen-bond acceptors (Lipinski definition) is 4. The van der Waals surface area contributed by atoms with Crippen molar-refractivity contribution >= 4 is 11.8 Å². The van der Waals surface area contributed by atoms with Gasteiger partial charge in [0.1, 0.15) is 11.4 Å². The molecule has 27 heavy (non-hydrogen) atoms. The Balaban J connectivity index is 1.54. The molecular weight excluding hydrogens is 349 g/mol. The first kappa shape index (κ1) is 17.1. The molecule has 6 heteroatoms. The van der Waals surface area contributed by atoms with Crippen molar-refractivity contribution < 1.29 is 23.8 Å². The van der Waals surface area contributed by atoms with E-state index in [1.165, 1.54) is 6.07 Å². The number of morpholine rings is 1. The summed E-state index contributed by atoms with van der Waals surface area (Å²) in [5.41, 5.74) is 1.43. The quantitative estimate of drug-likeness (QED) is 0.799. The van der Waals surface area contributed by atoms with Crippen molar-refractivity contribution in [2.24, 2.45) is 5.92 Å². The highest BCUT2D eigenvalue weighted by Crippen LogP contribution is 2.49. The van der Waals surface area contributed by atoms with Gasteiger partial charge in [-0.25, -0.2) is 9.18 Å². The molecule has 0 aromatic heterocycles. The number of ketones is 1. The van der Waals surface area contributed by atoms with Gasteiger partial charge in [-0.2, -0.15) is 0 Å². The Morgan fingerprint density at radius 1 is 1.22 bits per heavy atom. The van der Waals surface area contributed by atoms with Crippen LogP contribution in [0.3, 0.4) is 0 Å². The molecule has 1 aliphatic heterocycles. The molecule has 5 nitrogen and oxygen atoms in total. The van der Waals surface area contributed by atoms with Crippen molar-refractivity contribution in [2.75, 3.05) is 13.2 Å². The molecule has 0 spiro atoms. The number of allylic oxidation sites excluding steroid dienone is 1. The molecule has 0 bridgehead atoms. The molecule has 0 amide bonds. The van der Waals surface area contributed by atoms with Gasteiger partial charge in [0.15, 0.2) is 5.78 Å². The lowest BCUT2D eigenvalue weighted by molar-refractivity contribution is -0.132.